The fourth-order valence-corrected chi connectivity index (χ4v) is 1.37. The van der Waals surface area contributed by atoms with E-state index in [4.69, 9.17) is 0 Å². The molecule has 1 amide bonds. The third-order valence-electron chi connectivity index (χ3n) is 2.59. The van der Waals surface area contributed by atoms with Gasteiger partial charge in [0, 0.05) is 33.4 Å². The van der Waals surface area contributed by atoms with E-state index in [0.29, 0.717) is 11.6 Å². The van der Waals surface area contributed by atoms with Crippen molar-refractivity contribution in [3.8, 4) is 0 Å². The second kappa shape index (κ2) is 4.96. The molecule has 0 saturated heterocycles. The maximum Gasteiger partial charge on any atom is 0.255 e. The van der Waals surface area contributed by atoms with Crippen LogP contribution in [0.1, 0.15) is 24.2 Å². The number of amides is 1. The Morgan fingerprint density at radius 1 is 1.31 bits per heavy atom. The Labute approximate surface area is 96.9 Å². The summed E-state index contributed by atoms with van der Waals surface area (Å²) in [5, 5.41) is 0. The van der Waals surface area contributed by atoms with Gasteiger partial charge >= 0.3 is 0 Å². The standard InChI is InChI=1S/C12H19N3O/c1-9(2)15(5)11-8-13-7-6-10(11)12(16)14(3)4/h6-9H,1-5H3. The molecule has 0 N–H and O–H groups in total. The maximum atomic E-state index is 12.0. The molecular formula is C12H19N3O. The van der Waals surface area contributed by atoms with Gasteiger partial charge in [0.05, 0.1) is 17.4 Å². The highest BCUT2D eigenvalue weighted by Crippen LogP contribution is 2.20. The van der Waals surface area contributed by atoms with Gasteiger partial charge in [-0.25, -0.2) is 0 Å². The van der Waals surface area contributed by atoms with Crippen LogP contribution in [0.15, 0.2) is 18.5 Å². The fourth-order valence-electron chi connectivity index (χ4n) is 1.37. The first kappa shape index (κ1) is 12.5. The van der Waals surface area contributed by atoms with Gasteiger partial charge in [0.15, 0.2) is 0 Å². The molecule has 4 heteroatoms. The first-order chi connectivity index (χ1) is 7.45. The lowest BCUT2D eigenvalue weighted by Gasteiger charge is -2.26. The zero-order chi connectivity index (χ0) is 12.3. The average molecular weight is 221 g/mol. The molecule has 16 heavy (non-hydrogen) atoms. The first-order valence-corrected chi connectivity index (χ1v) is 5.33. The Kier molecular flexibility index (Phi) is 3.88. The van der Waals surface area contributed by atoms with Crippen LogP contribution in [0.25, 0.3) is 0 Å². The monoisotopic (exact) mass is 221 g/mol. The zero-order valence-corrected chi connectivity index (χ0v) is 10.6. The number of hydrogen-bond acceptors (Lipinski definition) is 3. The molecule has 0 spiro atoms. The number of carbonyl (C=O) groups excluding carboxylic acids is 1. The van der Waals surface area contributed by atoms with E-state index in [1.165, 1.54) is 0 Å². The van der Waals surface area contributed by atoms with E-state index in [9.17, 15) is 4.79 Å². The van der Waals surface area contributed by atoms with Crippen LogP contribution in [0.2, 0.25) is 0 Å². The topological polar surface area (TPSA) is 36.4 Å². The summed E-state index contributed by atoms with van der Waals surface area (Å²) in [6.07, 6.45) is 3.38. The van der Waals surface area contributed by atoms with Crippen LogP contribution >= 0.6 is 0 Å². The van der Waals surface area contributed by atoms with Gasteiger partial charge in [-0.05, 0) is 19.9 Å². The Balaban J connectivity index is 3.15. The quantitative estimate of drug-likeness (QED) is 0.778. The molecular weight excluding hydrogens is 202 g/mol. The minimum Gasteiger partial charge on any atom is -0.370 e. The molecule has 1 aromatic heterocycles. The Bertz CT molecular complexity index is 374. The number of anilines is 1. The molecule has 0 aliphatic heterocycles. The zero-order valence-electron chi connectivity index (χ0n) is 10.6. The summed E-state index contributed by atoms with van der Waals surface area (Å²) in [6.45, 7) is 4.16. The van der Waals surface area contributed by atoms with Crippen molar-refractivity contribution < 1.29 is 4.79 Å². The number of carbonyl (C=O) groups is 1. The third-order valence-corrected chi connectivity index (χ3v) is 2.59. The molecule has 0 aliphatic rings. The van der Waals surface area contributed by atoms with Crippen molar-refractivity contribution >= 4 is 11.6 Å². The molecule has 1 heterocycles. The number of nitrogens with zero attached hydrogens (tertiary/aromatic N) is 3. The van der Waals surface area contributed by atoms with Crippen LogP contribution < -0.4 is 4.90 Å². The van der Waals surface area contributed by atoms with E-state index >= 15 is 0 Å². The maximum absolute atomic E-state index is 12.0. The van der Waals surface area contributed by atoms with E-state index in [0.717, 1.165) is 5.69 Å². The highest BCUT2D eigenvalue weighted by Gasteiger charge is 2.17. The molecule has 0 aromatic carbocycles. The van der Waals surface area contributed by atoms with E-state index < -0.39 is 0 Å². The van der Waals surface area contributed by atoms with Gasteiger partial charge in [-0.1, -0.05) is 0 Å². The normalized spacial score (nSPS) is 10.4. The van der Waals surface area contributed by atoms with Gasteiger partial charge < -0.3 is 9.80 Å². The molecule has 0 saturated carbocycles. The minimum absolute atomic E-state index is 0.00454. The number of rotatable bonds is 3. The van der Waals surface area contributed by atoms with Gasteiger partial charge in [-0.15, -0.1) is 0 Å². The molecule has 0 bridgehead atoms. The van der Waals surface area contributed by atoms with Crippen molar-refractivity contribution in [3.05, 3.63) is 24.0 Å². The predicted octanol–water partition coefficient (Wildman–Crippen LogP) is 1.63. The third kappa shape index (κ3) is 2.51. The minimum atomic E-state index is 0.00454. The molecule has 0 aliphatic carbocycles. The van der Waals surface area contributed by atoms with Crippen LogP contribution in [0.5, 0.6) is 0 Å². The molecule has 0 atom stereocenters. The van der Waals surface area contributed by atoms with Gasteiger partial charge in [-0.2, -0.15) is 0 Å². The molecule has 88 valence electrons. The molecule has 0 radical (unpaired) electrons. The summed E-state index contributed by atoms with van der Waals surface area (Å²) >= 11 is 0. The number of aromatic nitrogens is 1. The summed E-state index contributed by atoms with van der Waals surface area (Å²) < 4.78 is 0. The van der Waals surface area contributed by atoms with Crippen molar-refractivity contribution in [2.45, 2.75) is 19.9 Å². The lowest BCUT2D eigenvalue weighted by atomic mass is 10.1. The van der Waals surface area contributed by atoms with Gasteiger partial charge in [0.2, 0.25) is 0 Å². The smallest absolute Gasteiger partial charge is 0.255 e. The van der Waals surface area contributed by atoms with E-state index in [-0.39, 0.29) is 5.91 Å². The number of pyridine rings is 1. The lowest BCUT2D eigenvalue weighted by molar-refractivity contribution is 0.0828. The van der Waals surface area contributed by atoms with E-state index in [1.54, 1.807) is 37.5 Å². The Morgan fingerprint density at radius 2 is 1.94 bits per heavy atom. The first-order valence-electron chi connectivity index (χ1n) is 5.33. The van der Waals surface area contributed by atoms with Crippen LogP contribution in [0.4, 0.5) is 5.69 Å². The highest BCUT2D eigenvalue weighted by atomic mass is 16.2. The summed E-state index contributed by atoms with van der Waals surface area (Å²) in [4.78, 5) is 19.7. The van der Waals surface area contributed by atoms with Gasteiger partial charge in [-0.3, -0.25) is 9.78 Å². The fraction of sp³-hybridized carbons (Fsp3) is 0.500. The summed E-state index contributed by atoms with van der Waals surface area (Å²) in [6, 6.07) is 2.09. The van der Waals surface area contributed by atoms with Gasteiger partial charge in [0.25, 0.3) is 5.91 Å². The van der Waals surface area contributed by atoms with Crippen molar-refractivity contribution in [1.82, 2.24) is 9.88 Å². The molecule has 0 unspecified atom stereocenters. The Morgan fingerprint density at radius 3 is 2.44 bits per heavy atom. The Hall–Kier alpha value is -1.58. The van der Waals surface area contributed by atoms with E-state index in [1.807, 2.05) is 11.9 Å². The second-order valence-electron chi connectivity index (χ2n) is 4.30. The SMILES string of the molecule is CC(C)N(C)c1cnccc1C(=O)N(C)C. The van der Waals surface area contributed by atoms with Crippen molar-refractivity contribution in [2.75, 3.05) is 26.0 Å². The van der Waals surface area contributed by atoms with Crippen molar-refractivity contribution in [2.24, 2.45) is 0 Å². The highest BCUT2D eigenvalue weighted by molar-refractivity contribution is 5.99. The molecule has 1 rings (SSSR count). The average Bonchev–Trinajstić information content (AvgIpc) is 2.26. The van der Waals surface area contributed by atoms with Crippen LogP contribution in [-0.4, -0.2) is 43.0 Å². The van der Waals surface area contributed by atoms with E-state index in [2.05, 4.69) is 18.8 Å². The summed E-state index contributed by atoms with van der Waals surface area (Å²) in [5.41, 5.74) is 1.56. The van der Waals surface area contributed by atoms with Crippen LogP contribution in [-0.2, 0) is 0 Å². The van der Waals surface area contributed by atoms with Crippen molar-refractivity contribution in [3.63, 3.8) is 0 Å². The predicted molar refractivity (Wildman–Crippen MR) is 65.8 cm³/mol. The second-order valence-corrected chi connectivity index (χ2v) is 4.30. The lowest BCUT2D eigenvalue weighted by Crippen LogP contribution is -2.30. The molecule has 1 aromatic rings. The molecule has 0 fully saturated rings. The molecule has 4 nitrogen and oxygen atoms in total. The largest absolute Gasteiger partial charge is 0.370 e. The van der Waals surface area contributed by atoms with Crippen LogP contribution in [0.3, 0.4) is 0 Å². The van der Waals surface area contributed by atoms with Gasteiger partial charge in [0.1, 0.15) is 0 Å². The number of hydrogen-bond donors (Lipinski definition) is 0. The van der Waals surface area contributed by atoms with Crippen molar-refractivity contribution in [1.29, 1.82) is 0 Å². The summed E-state index contributed by atoms with van der Waals surface area (Å²) in [5.74, 6) is 0.00454. The van der Waals surface area contributed by atoms with Crippen LogP contribution in [0, 0.1) is 0 Å². The summed E-state index contributed by atoms with van der Waals surface area (Å²) in [7, 11) is 5.47.